The Morgan fingerprint density at radius 1 is 1.15 bits per heavy atom. The van der Waals surface area contributed by atoms with Gasteiger partial charge < -0.3 is 19.4 Å². The SMILES string of the molecule is COCCN(C)c1ncc(-c2cccc(Nc3ccc(CI)cn3)n2)o1. The van der Waals surface area contributed by atoms with Gasteiger partial charge in [0.15, 0.2) is 5.76 Å². The molecule has 7 nitrogen and oxygen atoms in total. The predicted molar refractivity (Wildman–Crippen MR) is 110 cm³/mol. The zero-order chi connectivity index (χ0) is 18.4. The van der Waals surface area contributed by atoms with E-state index in [9.17, 15) is 0 Å². The average Bonchev–Trinajstić information content (AvgIpc) is 3.17. The monoisotopic (exact) mass is 465 g/mol. The molecule has 0 amide bonds. The maximum absolute atomic E-state index is 5.82. The molecule has 0 unspecified atom stereocenters. The van der Waals surface area contributed by atoms with Crippen LogP contribution in [0.5, 0.6) is 0 Å². The van der Waals surface area contributed by atoms with Crippen LogP contribution in [0.4, 0.5) is 17.7 Å². The topological polar surface area (TPSA) is 76.3 Å². The number of ether oxygens (including phenoxy) is 1. The molecule has 0 atom stereocenters. The molecule has 1 N–H and O–H groups in total. The summed E-state index contributed by atoms with van der Waals surface area (Å²) in [5, 5.41) is 3.21. The Bertz CT molecular complexity index is 838. The van der Waals surface area contributed by atoms with Gasteiger partial charge in [-0.25, -0.2) is 15.0 Å². The highest BCUT2D eigenvalue weighted by atomic mass is 127. The highest BCUT2D eigenvalue weighted by Crippen LogP contribution is 2.24. The van der Waals surface area contributed by atoms with Gasteiger partial charge >= 0.3 is 0 Å². The van der Waals surface area contributed by atoms with E-state index in [2.05, 4.69) is 42.9 Å². The molecule has 3 aromatic rings. The molecule has 0 radical (unpaired) electrons. The Hall–Kier alpha value is -2.20. The van der Waals surface area contributed by atoms with Crippen molar-refractivity contribution >= 4 is 40.2 Å². The second-order valence-electron chi connectivity index (χ2n) is 5.64. The van der Waals surface area contributed by atoms with E-state index in [1.807, 2.05) is 48.5 Å². The molecule has 3 rings (SSSR count). The molecule has 136 valence electrons. The maximum Gasteiger partial charge on any atom is 0.297 e. The standard InChI is InChI=1S/C18H20IN5O2/c1-24(8-9-25-2)18-21-12-15(26-18)14-4-3-5-17(22-14)23-16-7-6-13(10-19)11-20-16/h3-7,11-12H,8-10H2,1-2H3,(H,20,22,23). The number of nitrogens with one attached hydrogen (secondary N) is 1. The van der Waals surface area contributed by atoms with E-state index < -0.39 is 0 Å². The molecule has 26 heavy (non-hydrogen) atoms. The van der Waals surface area contributed by atoms with Crippen LogP contribution in [0, 0.1) is 0 Å². The molecular formula is C18H20IN5O2. The molecule has 0 aromatic carbocycles. The minimum atomic E-state index is 0.535. The molecule has 0 saturated heterocycles. The maximum atomic E-state index is 5.82. The fourth-order valence-electron chi connectivity index (χ4n) is 2.23. The summed E-state index contributed by atoms with van der Waals surface area (Å²) in [5.74, 6) is 2.06. The van der Waals surface area contributed by atoms with Crippen LogP contribution >= 0.6 is 22.6 Å². The molecule has 0 aliphatic carbocycles. The summed E-state index contributed by atoms with van der Waals surface area (Å²) in [5.41, 5.74) is 1.89. The lowest BCUT2D eigenvalue weighted by Crippen LogP contribution is -2.22. The first-order valence-corrected chi connectivity index (χ1v) is 9.63. The van der Waals surface area contributed by atoms with Crippen molar-refractivity contribution < 1.29 is 9.15 Å². The van der Waals surface area contributed by atoms with Crippen LogP contribution in [0.1, 0.15) is 5.56 Å². The van der Waals surface area contributed by atoms with Gasteiger partial charge in [0.2, 0.25) is 0 Å². The number of alkyl halides is 1. The van der Waals surface area contributed by atoms with E-state index >= 15 is 0 Å². The van der Waals surface area contributed by atoms with Crippen LogP contribution in [0.25, 0.3) is 11.5 Å². The molecule has 3 heterocycles. The first-order valence-electron chi connectivity index (χ1n) is 8.11. The van der Waals surface area contributed by atoms with Crippen LogP contribution in [-0.2, 0) is 9.16 Å². The number of halogens is 1. The number of hydrogen-bond donors (Lipinski definition) is 1. The lowest BCUT2D eigenvalue weighted by atomic mass is 10.3. The zero-order valence-corrected chi connectivity index (χ0v) is 16.8. The van der Waals surface area contributed by atoms with Crippen molar-refractivity contribution in [3.63, 3.8) is 0 Å². The molecule has 0 bridgehead atoms. The Morgan fingerprint density at radius 3 is 2.77 bits per heavy atom. The van der Waals surface area contributed by atoms with Gasteiger partial charge in [0.1, 0.15) is 17.3 Å². The number of aromatic nitrogens is 3. The molecule has 0 aliphatic heterocycles. The molecule has 3 aromatic heterocycles. The predicted octanol–water partition coefficient (Wildman–Crippen LogP) is 3.89. The number of rotatable bonds is 8. The third-order valence-electron chi connectivity index (χ3n) is 3.69. The van der Waals surface area contributed by atoms with E-state index in [1.54, 1.807) is 13.3 Å². The summed E-state index contributed by atoms with van der Waals surface area (Å²) in [6, 6.07) is 10.2. The molecule has 0 spiro atoms. The number of pyridine rings is 2. The van der Waals surface area contributed by atoms with Gasteiger partial charge in [0.05, 0.1) is 12.8 Å². The fourth-order valence-corrected chi connectivity index (χ4v) is 2.69. The van der Waals surface area contributed by atoms with Crippen LogP contribution in [0.15, 0.2) is 47.1 Å². The summed E-state index contributed by atoms with van der Waals surface area (Å²) in [6.45, 7) is 1.31. The zero-order valence-electron chi connectivity index (χ0n) is 14.6. The second kappa shape index (κ2) is 8.95. The lowest BCUT2D eigenvalue weighted by Gasteiger charge is -2.13. The summed E-state index contributed by atoms with van der Waals surface area (Å²) >= 11 is 2.31. The molecule has 0 fully saturated rings. The number of oxazole rings is 1. The fraction of sp³-hybridized carbons (Fsp3) is 0.278. The van der Waals surface area contributed by atoms with Crippen molar-refractivity contribution in [1.82, 2.24) is 15.0 Å². The highest BCUT2D eigenvalue weighted by Gasteiger charge is 2.12. The van der Waals surface area contributed by atoms with E-state index in [0.29, 0.717) is 36.4 Å². The van der Waals surface area contributed by atoms with Crippen molar-refractivity contribution in [2.75, 3.05) is 37.5 Å². The second-order valence-corrected chi connectivity index (χ2v) is 6.40. The van der Waals surface area contributed by atoms with Crippen LogP contribution < -0.4 is 10.2 Å². The van der Waals surface area contributed by atoms with E-state index in [-0.39, 0.29) is 0 Å². The summed E-state index contributed by atoms with van der Waals surface area (Å²) in [6.07, 6.45) is 3.54. The van der Waals surface area contributed by atoms with Gasteiger partial charge in [-0.05, 0) is 23.8 Å². The Morgan fingerprint density at radius 2 is 2.04 bits per heavy atom. The molecular weight excluding hydrogens is 445 g/mol. The van der Waals surface area contributed by atoms with Crippen molar-refractivity contribution in [2.24, 2.45) is 0 Å². The van der Waals surface area contributed by atoms with Crippen molar-refractivity contribution in [2.45, 2.75) is 4.43 Å². The molecule has 0 aliphatic rings. The molecule has 0 saturated carbocycles. The quantitative estimate of drug-likeness (QED) is 0.400. The first-order chi connectivity index (χ1) is 12.7. The number of anilines is 3. The highest BCUT2D eigenvalue weighted by molar-refractivity contribution is 14.1. The van der Waals surface area contributed by atoms with Crippen LogP contribution in [0.2, 0.25) is 0 Å². The Kier molecular flexibility index (Phi) is 6.40. The number of likely N-dealkylation sites (N-methyl/N-ethyl adjacent to an activating group) is 1. The lowest BCUT2D eigenvalue weighted by molar-refractivity contribution is 0.205. The Balaban J connectivity index is 1.73. The number of nitrogens with zero attached hydrogens (tertiary/aromatic N) is 4. The number of hydrogen-bond acceptors (Lipinski definition) is 7. The summed E-state index contributed by atoms with van der Waals surface area (Å²) in [7, 11) is 3.58. The first kappa shape index (κ1) is 18.6. The number of methoxy groups -OCH3 is 1. The van der Waals surface area contributed by atoms with Crippen LogP contribution in [-0.4, -0.2) is 42.3 Å². The van der Waals surface area contributed by atoms with Crippen molar-refractivity contribution in [1.29, 1.82) is 0 Å². The van der Waals surface area contributed by atoms with E-state index in [0.717, 1.165) is 10.2 Å². The minimum absolute atomic E-state index is 0.535. The summed E-state index contributed by atoms with van der Waals surface area (Å²) < 4.78 is 11.8. The van der Waals surface area contributed by atoms with Gasteiger partial charge in [-0.1, -0.05) is 34.7 Å². The van der Waals surface area contributed by atoms with E-state index in [1.165, 1.54) is 5.56 Å². The van der Waals surface area contributed by atoms with Gasteiger partial charge in [-0.3, -0.25) is 0 Å². The van der Waals surface area contributed by atoms with Crippen molar-refractivity contribution in [3.05, 3.63) is 48.3 Å². The smallest absolute Gasteiger partial charge is 0.297 e. The van der Waals surface area contributed by atoms with Gasteiger partial charge in [-0.15, -0.1) is 0 Å². The van der Waals surface area contributed by atoms with E-state index in [4.69, 9.17) is 9.15 Å². The van der Waals surface area contributed by atoms with Crippen LogP contribution in [0.3, 0.4) is 0 Å². The van der Waals surface area contributed by atoms with Gasteiger partial charge in [0, 0.05) is 31.3 Å². The summed E-state index contributed by atoms with van der Waals surface area (Å²) in [4.78, 5) is 15.2. The van der Waals surface area contributed by atoms with Gasteiger partial charge in [0.25, 0.3) is 6.01 Å². The minimum Gasteiger partial charge on any atom is -0.422 e. The Labute approximate surface area is 166 Å². The molecule has 8 heteroatoms. The largest absolute Gasteiger partial charge is 0.422 e. The third-order valence-corrected chi connectivity index (χ3v) is 4.57. The normalized spacial score (nSPS) is 10.7. The average molecular weight is 465 g/mol. The third kappa shape index (κ3) is 4.70. The van der Waals surface area contributed by atoms with Gasteiger partial charge in [-0.2, -0.15) is 0 Å². The van der Waals surface area contributed by atoms with Crippen molar-refractivity contribution in [3.8, 4) is 11.5 Å².